The minimum absolute atomic E-state index is 0.168. The van der Waals surface area contributed by atoms with Gasteiger partial charge in [0.25, 0.3) is 0 Å². The molecule has 2 N–H and O–H groups in total. The SMILES string of the molecule is CC(Nc1cc(-n2nc(N3CC4CC3CN4)c3ccccc32)ccn1)c1ccccc1. The molecule has 2 aromatic heterocycles. The molecule has 4 aromatic rings. The molecule has 0 radical (unpaired) electrons. The number of fused-ring (bicyclic) bond motifs is 3. The molecule has 3 atom stereocenters. The van der Waals surface area contributed by atoms with Crippen molar-refractivity contribution < 1.29 is 0 Å². The van der Waals surface area contributed by atoms with Crippen LogP contribution in [0.4, 0.5) is 11.6 Å². The predicted octanol–water partition coefficient (Wildman–Crippen LogP) is 4.14. The first kappa shape index (κ1) is 18.4. The van der Waals surface area contributed by atoms with Crippen LogP contribution in [0.5, 0.6) is 0 Å². The molecule has 6 heteroatoms. The van der Waals surface area contributed by atoms with Gasteiger partial charge in [-0.05, 0) is 37.1 Å². The van der Waals surface area contributed by atoms with E-state index in [1.54, 1.807) is 0 Å². The molecule has 4 heterocycles. The van der Waals surface area contributed by atoms with E-state index < -0.39 is 0 Å². The van der Waals surface area contributed by atoms with Gasteiger partial charge in [0.2, 0.25) is 0 Å². The summed E-state index contributed by atoms with van der Waals surface area (Å²) in [6, 6.07) is 24.4. The van der Waals surface area contributed by atoms with Crippen molar-refractivity contribution in [2.45, 2.75) is 31.5 Å². The third-order valence-electron chi connectivity index (χ3n) is 6.55. The second-order valence-corrected chi connectivity index (χ2v) is 8.58. The van der Waals surface area contributed by atoms with Crippen molar-refractivity contribution >= 4 is 22.5 Å². The summed E-state index contributed by atoms with van der Waals surface area (Å²) in [5.41, 5.74) is 3.38. The lowest BCUT2D eigenvalue weighted by Crippen LogP contribution is -2.43. The van der Waals surface area contributed by atoms with E-state index in [9.17, 15) is 0 Å². The van der Waals surface area contributed by atoms with Crippen molar-refractivity contribution in [2.75, 3.05) is 23.3 Å². The second kappa shape index (κ2) is 7.39. The number of piperazine rings is 1. The number of rotatable bonds is 5. The van der Waals surface area contributed by atoms with Crippen LogP contribution < -0.4 is 15.5 Å². The van der Waals surface area contributed by atoms with Crippen LogP contribution >= 0.6 is 0 Å². The Kier molecular flexibility index (Phi) is 4.39. The topological polar surface area (TPSA) is 58.0 Å². The summed E-state index contributed by atoms with van der Waals surface area (Å²) in [6.45, 7) is 4.23. The molecular weight excluding hydrogens is 384 g/mol. The van der Waals surface area contributed by atoms with E-state index in [2.05, 4.69) is 86.7 Å². The monoisotopic (exact) mass is 410 g/mol. The maximum atomic E-state index is 5.10. The lowest BCUT2D eigenvalue weighted by atomic mass is 10.1. The molecule has 0 spiro atoms. The number of hydrogen-bond acceptors (Lipinski definition) is 5. The highest BCUT2D eigenvalue weighted by molar-refractivity contribution is 5.92. The molecule has 31 heavy (non-hydrogen) atoms. The fraction of sp³-hybridized carbons (Fsp3) is 0.280. The highest BCUT2D eigenvalue weighted by Crippen LogP contribution is 2.35. The Morgan fingerprint density at radius 3 is 2.71 bits per heavy atom. The van der Waals surface area contributed by atoms with Crippen LogP contribution in [0, 0.1) is 0 Å². The van der Waals surface area contributed by atoms with Gasteiger partial charge >= 0.3 is 0 Å². The van der Waals surface area contributed by atoms with Crippen molar-refractivity contribution in [3.05, 3.63) is 78.5 Å². The third kappa shape index (κ3) is 3.24. The number of benzene rings is 2. The van der Waals surface area contributed by atoms with E-state index in [1.165, 1.54) is 17.4 Å². The van der Waals surface area contributed by atoms with E-state index >= 15 is 0 Å². The molecule has 2 bridgehead atoms. The smallest absolute Gasteiger partial charge is 0.159 e. The van der Waals surface area contributed by atoms with Gasteiger partial charge in [-0.15, -0.1) is 5.10 Å². The van der Waals surface area contributed by atoms with Gasteiger partial charge < -0.3 is 15.5 Å². The second-order valence-electron chi connectivity index (χ2n) is 8.58. The zero-order chi connectivity index (χ0) is 20.8. The van der Waals surface area contributed by atoms with Crippen molar-refractivity contribution in [2.24, 2.45) is 0 Å². The largest absolute Gasteiger partial charge is 0.363 e. The number of nitrogens with one attached hydrogen (secondary N) is 2. The fourth-order valence-corrected chi connectivity index (χ4v) is 4.96. The lowest BCUT2D eigenvalue weighted by molar-refractivity contribution is 0.575. The molecule has 2 aliphatic heterocycles. The zero-order valence-corrected chi connectivity index (χ0v) is 17.6. The molecule has 0 saturated carbocycles. The highest BCUT2D eigenvalue weighted by atomic mass is 15.4. The maximum absolute atomic E-state index is 5.10. The molecule has 2 saturated heterocycles. The zero-order valence-electron chi connectivity index (χ0n) is 17.6. The Bertz CT molecular complexity index is 1220. The highest BCUT2D eigenvalue weighted by Gasteiger charge is 2.39. The number of anilines is 2. The van der Waals surface area contributed by atoms with Gasteiger partial charge in [0, 0.05) is 48.9 Å². The first-order valence-corrected chi connectivity index (χ1v) is 11.0. The quantitative estimate of drug-likeness (QED) is 0.518. The normalized spacial score (nSPS) is 21.0. The molecule has 2 aliphatic rings. The Labute approximate surface area is 181 Å². The number of para-hydroxylation sites is 1. The lowest BCUT2D eigenvalue weighted by Gasteiger charge is -2.27. The average Bonchev–Trinajstić information content (AvgIpc) is 3.54. The van der Waals surface area contributed by atoms with Gasteiger partial charge in [0.1, 0.15) is 5.82 Å². The van der Waals surface area contributed by atoms with Gasteiger partial charge in [0.05, 0.1) is 11.2 Å². The summed E-state index contributed by atoms with van der Waals surface area (Å²) in [5, 5.41) is 13.4. The van der Waals surface area contributed by atoms with E-state index in [0.29, 0.717) is 12.1 Å². The van der Waals surface area contributed by atoms with Crippen LogP contribution in [0.2, 0.25) is 0 Å². The first-order chi connectivity index (χ1) is 15.3. The van der Waals surface area contributed by atoms with Crippen molar-refractivity contribution in [1.29, 1.82) is 0 Å². The molecule has 6 rings (SSSR count). The van der Waals surface area contributed by atoms with Crippen LogP contribution in [0.1, 0.15) is 24.9 Å². The molecule has 2 aromatic carbocycles. The number of nitrogens with zero attached hydrogens (tertiary/aromatic N) is 4. The molecule has 3 unspecified atom stereocenters. The Morgan fingerprint density at radius 2 is 1.90 bits per heavy atom. The first-order valence-electron chi connectivity index (χ1n) is 11.0. The van der Waals surface area contributed by atoms with Crippen LogP contribution in [-0.2, 0) is 0 Å². The maximum Gasteiger partial charge on any atom is 0.159 e. The van der Waals surface area contributed by atoms with E-state index in [-0.39, 0.29) is 6.04 Å². The summed E-state index contributed by atoms with van der Waals surface area (Å²) in [4.78, 5) is 7.04. The van der Waals surface area contributed by atoms with Crippen LogP contribution in [0.15, 0.2) is 72.9 Å². The Hall–Kier alpha value is -3.38. The van der Waals surface area contributed by atoms with Crippen LogP contribution in [0.25, 0.3) is 16.6 Å². The number of pyridine rings is 1. The fourth-order valence-electron chi connectivity index (χ4n) is 4.96. The van der Waals surface area contributed by atoms with Gasteiger partial charge in [-0.3, -0.25) is 0 Å². The van der Waals surface area contributed by atoms with Crippen LogP contribution in [-0.4, -0.2) is 39.9 Å². The number of aromatic nitrogens is 3. The number of hydrogen-bond donors (Lipinski definition) is 2. The Morgan fingerprint density at radius 1 is 1.06 bits per heavy atom. The standard InChI is InChI=1S/C25H26N6/c1-17(18-7-3-2-4-8-18)28-24-14-20(11-12-26-24)31-23-10-6-5-9-22(23)25(29-31)30-16-19-13-21(30)15-27-19/h2-12,14,17,19,21,27H,13,15-16H2,1H3,(H,26,28). The van der Waals surface area contributed by atoms with E-state index in [1.807, 2.05) is 18.3 Å². The molecular formula is C25H26N6. The van der Waals surface area contributed by atoms with Crippen LogP contribution in [0.3, 0.4) is 0 Å². The predicted molar refractivity (Wildman–Crippen MR) is 125 cm³/mol. The van der Waals surface area contributed by atoms with Crippen molar-refractivity contribution in [1.82, 2.24) is 20.1 Å². The van der Waals surface area contributed by atoms with Crippen molar-refractivity contribution in [3.8, 4) is 5.69 Å². The average molecular weight is 411 g/mol. The molecule has 0 aliphatic carbocycles. The molecule has 6 nitrogen and oxygen atoms in total. The minimum Gasteiger partial charge on any atom is -0.363 e. The minimum atomic E-state index is 0.168. The summed E-state index contributed by atoms with van der Waals surface area (Å²) in [5.74, 6) is 1.94. The molecule has 0 amide bonds. The molecule has 156 valence electrons. The Balaban J connectivity index is 1.36. The van der Waals surface area contributed by atoms with Crippen molar-refractivity contribution in [3.63, 3.8) is 0 Å². The third-order valence-corrected chi connectivity index (χ3v) is 6.55. The van der Waals surface area contributed by atoms with Gasteiger partial charge in [0.15, 0.2) is 5.82 Å². The van der Waals surface area contributed by atoms with E-state index in [4.69, 9.17) is 5.10 Å². The van der Waals surface area contributed by atoms with Gasteiger partial charge in [-0.2, -0.15) is 0 Å². The summed E-state index contributed by atoms with van der Waals surface area (Å²) in [7, 11) is 0. The summed E-state index contributed by atoms with van der Waals surface area (Å²) >= 11 is 0. The molecule has 2 fully saturated rings. The summed E-state index contributed by atoms with van der Waals surface area (Å²) < 4.78 is 2.06. The van der Waals surface area contributed by atoms with Gasteiger partial charge in [-0.25, -0.2) is 9.67 Å². The van der Waals surface area contributed by atoms with E-state index in [0.717, 1.165) is 35.9 Å². The summed E-state index contributed by atoms with van der Waals surface area (Å²) in [6.07, 6.45) is 3.06. The van der Waals surface area contributed by atoms with Gasteiger partial charge in [-0.1, -0.05) is 42.5 Å².